The third-order valence-electron chi connectivity index (χ3n) is 2.32. The van der Waals surface area contributed by atoms with Gasteiger partial charge in [0.05, 0.1) is 10.4 Å². The van der Waals surface area contributed by atoms with E-state index in [1.807, 2.05) is 18.4 Å². The smallest absolute Gasteiger partial charge is 0.123 e. The lowest BCUT2D eigenvalue weighted by Crippen LogP contribution is -1.84. The molecular formula is C15H9FS. The fourth-order valence-corrected chi connectivity index (χ4v) is 2.12. The Kier molecular flexibility index (Phi) is 3.28. The van der Waals surface area contributed by atoms with E-state index in [1.165, 1.54) is 23.5 Å². The largest absolute Gasteiger partial charge is 0.207 e. The monoisotopic (exact) mass is 240 g/mol. The molecule has 0 saturated carbocycles. The van der Waals surface area contributed by atoms with Gasteiger partial charge >= 0.3 is 0 Å². The van der Waals surface area contributed by atoms with Crippen LogP contribution in [-0.4, -0.2) is 0 Å². The first-order valence-electron chi connectivity index (χ1n) is 5.03. The maximum Gasteiger partial charge on any atom is 0.123 e. The van der Waals surface area contributed by atoms with Gasteiger partial charge in [-0.2, -0.15) is 0 Å². The molecular weight excluding hydrogens is 231 g/mol. The predicted molar refractivity (Wildman–Crippen MR) is 69.4 cm³/mol. The number of aryl methyl sites for hydroxylation is 1. The zero-order valence-electron chi connectivity index (χ0n) is 9.25. The zero-order valence-corrected chi connectivity index (χ0v) is 10.1. The molecule has 0 unspecified atom stereocenters. The van der Waals surface area contributed by atoms with Gasteiger partial charge < -0.3 is 0 Å². The Morgan fingerprint density at radius 1 is 1.18 bits per heavy atom. The van der Waals surface area contributed by atoms with Crippen LogP contribution in [0.2, 0.25) is 0 Å². The molecule has 17 heavy (non-hydrogen) atoms. The van der Waals surface area contributed by atoms with Crippen LogP contribution in [0.4, 0.5) is 4.39 Å². The number of rotatable bonds is 0. The molecule has 0 N–H and O–H groups in total. The minimum absolute atomic E-state index is 0.242. The van der Waals surface area contributed by atoms with E-state index in [2.05, 4.69) is 17.8 Å². The van der Waals surface area contributed by atoms with Crippen molar-refractivity contribution in [3.63, 3.8) is 0 Å². The standard InChI is InChI=1S/C15H9FS/c1-3-12-8-9-17-15(12)7-5-13-4-6-14(16)10-11(13)2/h1,4,6,8-10H,2H3. The topological polar surface area (TPSA) is 0 Å². The fourth-order valence-electron chi connectivity index (χ4n) is 1.41. The third-order valence-corrected chi connectivity index (χ3v) is 3.15. The molecule has 0 bridgehead atoms. The van der Waals surface area contributed by atoms with Gasteiger partial charge in [-0.1, -0.05) is 11.8 Å². The average molecular weight is 240 g/mol. The highest BCUT2D eigenvalue weighted by Gasteiger charge is 1.99. The zero-order chi connectivity index (χ0) is 12.3. The first-order chi connectivity index (χ1) is 8.20. The van der Waals surface area contributed by atoms with Crippen LogP contribution in [0.3, 0.4) is 0 Å². The molecule has 0 radical (unpaired) electrons. The first kappa shape index (κ1) is 11.5. The summed E-state index contributed by atoms with van der Waals surface area (Å²) in [5.74, 6) is 8.38. The Morgan fingerprint density at radius 3 is 2.71 bits per heavy atom. The molecule has 1 aromatic heterocycles. The second kappa shape index (κ2) is 4.87. The Morgan fingerprint density at radius 2 is 2.00 bits per heavy atom. The molecule has 1 heterocycles. The summed E-state index contributed by atoms with van der Waals surface area (Å²) in [7, 11) is 0. The van der Waals surface area contributed by atoms with E-state index in [0.29, 0.717) is 0 Å². The predicted octanol–water partition coefficient (Wildman–Crippen LogP) is 3.58. The lowest BCUT2D eigenvalue weighted by Gasteiger charge is -1.96. The van der Waals surface area contributed by atoms with Crippen LogP contribution in [0, 0.1) is 36.9 Å². The minimum Gasteiger partial charge on any atom is -0.207 e. The van der Waals surface area contributed by atoms with E-state index in [1.54, 1.807) is 6.07 Å². The average Bonchev–Trinajstić information content (AvgIpc) is 2.75. The van der Waals surface area contributed by atoms with Crippen molar-refractivity contribution in [1.82, 2.24) is 0 Å². The Hall–Kier alpha value is -2.03. The van der Waals surface area contributed by atoms with Crippen molar-refractivity contribution in [3.05, 3.63) is 57.0 Å². The molecule has 0 spiro atoms. The summed E-state index contributed by atoms with van der Waals surface area (Å²) in [6.07, 6.45) is 5.35. The molecule has 82 valence electrons. The van der Waals surface area contributed by atoms with Gasteiger partial charge in [-0.15, -0.1) is 17.8 Å². The molecule has 0 aliphatic rings. The summed E-state index contributed by atoms with van der Waals surface area (Å²) >= 11 is 1.51. The van der Waals surface area contributed by atoms with E-state index in [9.17, 15) is 4.39 Å². The summed E-state index contributed by atoms with van der Waals surface area (Å²) in [4.78, 5) is 0.872. The van der Waals surface area contributed by atoms with Gasteiger partial charge in [0.25, 0.3) is 0 Å². The van der Waals surface area contributed by atoms with E-state index in [-0.39, 0.29) is 5.82 Å². The molecule has 2 aromatic rings. The summed E-state index contributed by atoms with van der Waals surface area (Å²) < 4.78 is 12.9. The van der Waals surface area contributed by atoms with Crippen molar-refractivity contribution in [2.75, 3.05) is 0 Å². The van der Waals surface area contributed by atoms with Crippen LogP contribution < -0.4 is 0 Å². The van der Waals surface area contributed by atoms with Gasteiger partial charge in [-0.05, 0) is 48.1 Å². The van der Waals surface area contributed by atoms with Crippen LogP contribution in [0.15, 0.2) is 29.6 Å². The number of hydrogen-bond acceptors (Lipinski definition) is 1. The lowest BCUT2D eigenvalue weighted by molar-refractivity contribution is 0.626. The Balaban J connectivity index is 2.37. The quantitative estimate of drug-likeness (QED) is 0.617. The van der Waals surface area contributed by atoms with E-state index in [0.717, 1.165) is 21.6 Å². The maximum atomic E-state index is 12.9. The Labute approximate surface area is 104 Å². The van der Waals surface area contributed by atoms with E-state index < -0.39 is 0 Å². The minimum atomic E-state index is -0.242. The third kappa shape index (κ3) is 2.56. The lowest BCUT2D eigenvalue weighted by atomic mass is 10.1. The molecule has 0 amide bonds. The van der Waals surface area contributed by atoms with Gasteiger partial charge in [-0.3, -0.25) is 0 Å². The highest BCUT2D eigenvalue weighted by Crippen LogP contribution is 2.15. The number of hydrogen-bond donors (Lipinski definition) is 0. The summed E-state index contributed by atoms with van der Waals surface area (Å²) in [5.41, 5.74) is 2.46. The van der Waals surface area contributed by atoms with Crippen LogP contribution in [0.1, 0.15) is 21.6 Å². The van der Waals surface area contributed by atoms with Crippen molar-refractivity contribution in [2.45, 2.75) is 6.92 Å². The SMILES string of the molecule is C#Cc1ccsc1C#Cc1ccc(F)cc1C. The fraction of sp³-hybridized carbons (Fsp3) is 0.0667. The molecule has 2 rings (SSSR count). The second-order valence-corrected chi connectivity index (χ2v) is 4.43. The molecule has 0 aliphatic carbocycles. The van der Waals surface area contributed by atoms with Crippen molar-refractivity contribution < 1.29 is 4.39 Å². The molecule has 2 heteroatoms. The summed E-state index contributed by atoms with van der Waals surface area (Å²) in [5, 5.41) is 1.91. The molecule has 1 aromatic carbocycles. The van der Waals surface area contributed by atoms with Gasteiger partial charge in [0, 0.05) is 5.56 Å². The van der Waals surface area contributed by atoms with Crippen molar-refractivity contribution in [2.24, 2.45) is 0 Å². The summed E-state index contributed by atoms with van der Waals surface area (Å²) in [6.45, 7) is 1.84. The number of halogens is 1. The van der Waals surface area contributed by atoms with Crippen LogP contribution in [0.5, 0.6) is 0 Å². The highest BCUT2D eigenvalue weighted by molar-refractivity contribution is 7.10. The Bertz CT molecular complexity index is 648. The van der Waals surface area contributed by atoms with Crippen molar-refractivity contribution >= 4 is 11.3 Å². The molecule has 0 saturated heterocycles. The molecule has 0 fully saturated rings. The summed E-state index contributed by atoms with van der Waals surface area (Å²) in [6, 6.07) is 6.43. The normalized spacial score (nSPS) is 9.24. The maximum absolute atomic E-state index is 12.9. The number of thiophene rings is 1. The van der Waals surface area contributed by atoms with Crippen molar-refractivity contribution in [1.29, 1.82) is 0 Å². The van der Waals surface area contributed by atoms with Crippen LogP contribution in [-0.2, 0) is 0 Å². The molecule has 0 aliphatic heterocycles. The van der Waals surface area contributed by atoms with Gasteiger partial charge in [0.1, 0.15) is 5.82 Å². The van der Waals surface area contributed by atoms with E-state index >= 15 is 0 Å². The van der Waals surface area contributed by atoms with E-state index in [4.69, 9.17) is 6.42 Å². The van der Waals surface area contributed by atoms with Gasteiger partial charge in [0.2, 0.25) is 0 Å². The van der Waals surface area contributed by atoms with Gasteiger partial charge in [-0.25, -0.2) is 4.39 Å². The second-order valence-electron chi connectivity index (χ2n) is 3.52. The first-order valence-corrected chi connectivity index (χ1v) is 5.91. The van der Waals surface area contributed by atoms with Crippen LogP contribution in [0.25, 0.3) is 0 Å². The van der Waals surface area contributed by atoms with Crippen molar-refractivity contribution in [3.8, 4) is 24.2 Å². The van der Waals surface area contributed by atoms with Crippen LogP contribution >= 0.6 is 11.3 Å². The highest BCUT2D eigenvalue weighted by atomic mass is 32.1. The number of terminal acetylenes is 1. The molecule has 0 atom stereocenters. The number of benzene rings is 1. The van der Waals surface area contributed by atoms with Gasteiger partial charge in [0.15, 0.2) is 0 Å². The molecule has 0 nitrogen and oxygen atoms in total.